The molecule has 0 spiro atoms. The molecule has 8 nitrogen and oxygen atoms in total. The Morgan fingerprint density at radius 2 is 2.10 bits per heavy atom. The van der Waals surface area contributed by atoms with Gasteiger partial charge in [-0.1, -0.05) is 0 Å². The molecule has 0 bridgehead atoms. The molecule has 1 rings (SSSR count). The third-order valence-corrected chi connectivity index (χ3v) is 4.48. The van der Waals surface area contributed by atoms with Gasteiger partial charge in [-0.3, -0.25) is 0 Å². The van der Waals surface area contributed by atoms with Crippen molar-refractivity contribution in [2.45, 2.75) is 17.6 Å². The molecule has 1 heterocycles. The Balaban J connectivity index is 2.96. The van der Waals surface area contributed by atoms with Crippen molar-refractivity contribution >= 4 is 15.8 Å². The largest absolute Gasteiger partial charge is 0.477 e. The number of nitrogens with two attached hydrogens (primary N) is 1. The maximum Gasteiger partial charge on any atom is 0.362 e. The molecule has 1 atom stereocenters. The van der Waals surface area contributed by atoms with Crippen molar-refractivity contribution in [2.75, 3.05) is 33.4 Å². The van der Waals surface area contributed by atoms with E-state index in [0.717, 1.165) is 0 Å². The van der Waals surface area contributed by atoms with Crippen molar-refractivity contribution in [3.8, 4) is 0 Å². The first kappa shape index (κ1) is 16.6. The first-order valence-corrected chi connectivity index (χ1v) is 7.74. The van der Waals surface area contributed by atoms with E-state index in [-0.39, 0.29) is 28.4 Å². The van der Waals surface area contributed by atoms with Crippen molar-refractivity contribution in [1.82, 2.24) is 9.97 Å². The van der Waals surface area contributed by atoms with Gasteiger partial charge in [0.15, 0.2) is 6.04 Å². The van der Waals surface area contributed by atoms with Crippen LogP contribution < -0.4 is 5.73 Å². The molecule has 0 amide bonds. The molecule has 9 heteroatoms. The van der Waals surface area contributed by atoms with Crippen molar-refractivity contribution in [3.05, 3.63) is 11.9 Å². The Morgan fingerprint density at radius 3 is 2.55 bits per heavy atom. The van der Waals surface area contributed by atoms with E-state index in [9.17, 15) is 18.3 Å². The number of likely N-dealkylation sites (N-methyl/N-ethyl adjacent to an activating group) is 1. The Hall–Kier alpha value is -1.45. The molecule has 114 valence electrons. The zero-order valence-electron chi connectivity index (χ0n) is 11.8. The molecule has 0 saturated carbocycles. The van der Waals surface area contributed by atoms with E-state index >= 15 is 0 Å². The van der Waals surface area contributed by atoms with Crippen LogP contribution in [0.5, 0.6) is 0 Å². The van der Waals surface area contributed by atoms with Crippen molar-refractivity contribution < 1.29 is 22.8 Å². The van der Waals surface area contributed by atoms with Gasteiger partial charge in [-0.2, -0.15) is 0 Å². The second-order valence-corrected chi connectivity index (χ2v) is 7.50. The van der Waals surface area contributed by atoms with Crippen LogP contribution in [0.1, 0.15) is 5.69 Å². The summed E-state index contributed by atoms with van der Waals surface area (Å²) in [6.45, 7) is 0.00893. The monoisotopic (exact) mass is 305 g/mol. The lowest BCUT2D eigenvalue weighted by molar-refractivity contribution is -0.887. The number of nitrogens with zero attached hydrogens (tertiary/aromatic N) is 2. The van der Waals surface area contributed by atoms with Gasteiger partial charge in [0.1, 0.15) is 0 Å². The van der Waals surface area contributed by atoms with E-state index in [0.29, 0.717) is 5.69 Å². The first-order valence-electron chi connectivity index (χ1n) is 6.09. The van der Waals surface area contributed by atoms with Crippen molar-refractivity contribution in [1.29, 1.82) is 0 Å². The molecule has 0 saturated heterocycles. The van der Waals surface area contributed by atoms with Gasteiger partial charge < -0.3 is 20.3 Å². The fraction of sp³-hybridized carbons (Fsp3) is 0.636. The zero-order valence-corrected chi connectivity index (χ0v) is 12.6. The van der Waals surface area contributed by atoms with Gasteiger partial charge in [0, 0.05) is 12.7 Å². The molecule has 0 unspecified atom stereocenters. The SMILES string of the molecule is C[N+](C)(C)[C@@H](Cc1c[nH]c(S(=O)(=O)CCN)n1)C(=O)O. The van der Waals surface area contributed by atoms with Crippen LogP contribution in [-0.2, 0) is 21.1 Å². The van der Waals surface area contributed by atoms with Crippen LogP contribution in [0.15, 0.2) is 11.4 Å². The van der Waals surface area contributed by atoms with Crippen LogP contribution in [0, 0.1) is 0 Å². The second kappa shape index (κ2) is 5.90. The lowest BCUT2D eigenvalue weighted by Crippen LogP contribution is -2.51. The van der Waals surface area contributed by atoms with Crippen LogP contribution in [0.4, 0.5) is 0 Å². The second-order valence-electron chi connectivity index (χ2n) is 5.48. The Kier molecular flexibility index (Phi) is 4.90. The number of carbonyl (C=O) groups is 1. The molecular weight excluding hydrogens is 284 g/mol. The highest BCUT2D eigenvalue weighted by Crippen LogP contribution is 2.13. The number of nitrogens with one attached hydrogen (secondary N) is 1. The number of carboxylic acid groups (broad SMARTS) is 1. The number of hydrogen-bond donors (Lipinski definition) is 3. The minimum atomic E-state index is -3.53. The van der Waals surface area contributed by atoms with Crippen molar-refractivity contribution in [3.63, 3.8) is 0 Å². The van der Waals surface area contributed by atoms with Crippen molar-refractivity contribution in [2.24, 2.45) is 5.73 Å². The maximum atomic E-state index is 11.8. The van der Waals surface area contributed by atoms with Crippen LogP contribution >= 0.6 is 0 Å². The molecule has 4 N–H and O–H groups in total. The fourth-order valence-corrected chi connectivity index (χ4v) is 2.74. The number of aromatic amines is 1. The molecule has 0 aromatic carbocycles. The summed E-state index contributed by atoms with van der Waals surface area (Å²) in [7, 11) is 1.76. The Morgan fingerprint density at radius 1 is 1.50 bits per heavy atom. The third-order valence-electron chi connectivity index (χ3n) is 2.91. The molecule has 0 aliphatic carbocycles. The summed E-state index contributed by atoms with van der Waals surface area (Å²) in [6.07, 6.45) is 1.57. The van der Waals surface area contributed by atoms with Crippen LogP contribution in [-0.4, -0.2) is 73.4 Å². The molecule has 0 radical (unpaired) electrons. The number of quaternary nitrogens is 1. The average molecular weight is 305 g/mol. The van der Waals surface area contributed by atoms with Gasteiger partial charge in [-0.15, -0.1) is 0 Å². The summed E-state index contributed by atoms with van der Waals surface area (Å²) >= 11 is 0. The summed E-state index contributed by atoms with van der Waals surface area (Å²) in [6, 6.07) is -0.705. The minimum absolute atomic E-state index is 0.00893. The van der Waals surface area contributed by atoms with Gasteiger partial charge in [0.05, 0.1) is 39.0 Å². The number of H-pyrrole nitrogens is 1. The molecule has 0 aliphatic heterocycles. The summed E-state index contributed by atoms with van der Waals surface area (Å²) in [5.74, 6) is -1.15. The quantitative estimate of drug-likeness (QED) is 0.546. The lowest BCUT2D eigenvalue weighted by atomic mass is 10.1. The van der Waals surface area contributed by atoms with Crippen LogP contribution in [0.2, 0.25) is 0 Å². The molecule has 1 aromatic rings. The molecular formula is C11H21N4O4S+. The van der Waals surface area contributed by atoms with Gasteiger partial charge in [-0.25, -0.2) is 18.2 Å². The number of aliphatic carboxylic acids is 1. The summed E-state index contributed by atoms with van der Waals surface area (Å²) < 4.78 is 23.8. The zero-order chi connectivity index (χ0) is 15.6. The fourth-order valence-electron chi connectivity index (χ4n) is 1.75. The molecule has 0 aliphatic rings. The van der Waals surface area contributed by atoms with Crippen LogP contribution in [0.3, 0.4) is 0 Å². The Bertz CT molecular complexity index is 573. The highest BCUT2D eigenvalue weighted by Gasteiger charge is 2.32. The van der Waals surface area contributed by atoms with E-state index in [4.69, 9.17) is 5.73 Å². The van der Waals surface area contributed by atoms with E-state index in [1.807, 2.05) is 0 Å². The summed E-state index contributed by atoms with van der Waals surface area (Å²) in [4.78, 5) is 17.8. The third kappa shape index (κ3) is 4.02. The normalized spacial score (nSPS) is 14.2. The predicted molar refractivity (Wildman–Crippen MR) is 72.9 cm³/mol. The van der Waals surface area contributed by atoms with Gasteiger partial charge in [0.25, 0.3) is 0 Å². The number of sulfone groups is 1. The Labute approximate surface area is 118 Å². The number of aromatic nitrogens is 2. The molecule has 20 heavy (non-hydrogen) atoms. The van der Waals surface area contributed by atoms with Gasteiger partial charge >= 0.3 is 5.97 Å². The molecule has 0 fully saturated rings. The first-order chi connectivity index (χ1) is 9.08. The number of carboxylic acids is 1. The summed E-state index contributed by atoms with van der Waals surface area (Å²) in [5.41, 5.74) is 5.64. The standard InChI is InChI=1S/C11H20N4O4S/c1-15(2,3)9(10(16)17)6-8-7-13-11(14-8)20(18,19)5-4-12/h7,9H,4-6,12H2,1-3H3,(H-,13,14,16,17)/p+1/t9-/m0/s1. The topological polar surface area (TPSA) is 126 Å². The highest BCUT2D eigenvalue weighted by molar-refractivity contribution is 7.91. The highest BCUT2D eigenvalue weighted by atomic mass is 32.2. The average Bonchev–Trinajstić information content (AvgIpc) is 2.72. The van der Waals surface area contributed by atoms with Crippen LogP contribution in [0.25, 0.3) is 0 Å². The predicted octanol–water partition coefficient (Wildman–Crippen LogP) is -1.16. The van der Waals surface area contributed by atoms with E-state index in [2.05, 4.69) is 9.97 Å². The minimum Gasteiger partial charge on any atom is -0.477 e. The smallest absolute Gasteiger partial charge is 0.362 e. The number of hydrogen-bond acceptors (Lipinski definition) is 5. The summed E-state index contributed by atoms with van der Waals surface area (Å²) in [5, 5.41) is 9.07. The molecule has 1 aromatic heterocycles. The van der Waals surface area contributed by atoms with E-state index < -0.39 is 21.8 Å². The van der Waals surface area contributed by atoms with E-state index in [1.54, 1.807) is 21.1 Å². The van der Waals surface area contributed by atoms with E-state index in [1.165, 1.54) is 6.20 Å². The lowest BCUT2D eigenvalue weighted by Gasteiger charge is -2.30. The van der Waals surface area contributed by atoms with Gasteiger partial charge in [0.2, 0.25) is 15.0 Å². The van der Waals surface area contributed by atoms with Gasteiger partial charge in [-0.05, 0) is 0 Å². The number of imidazole rings is 1. The number of rotatable bonds is 7. The maximum absolute atomic E-state index is 11.8.